The van der Waals surface area contributed by atoms with E-state index in [1.54, 1.807) is 7.11 Å². The van der Waals surface area contributed by atoms with Crippen LogP contribution in [0.4, 0.5) is 0 Å². The van der Waals surface area contributed by atoms with E-state index in [1.165, 1.54) is 5.56 Å². The number of benzene rings is 1. The van der Waals surface area contributed by atoms with Gasteiger partial charge in [-0.3, -0.25) is 0 Å². The molecule has 150 valence electrons. The summed E-state index contributed by atoms with van der Waals surface area (Å²) >= 11 is 0. The molecule has 1 aliphatic rings. The van der Waals surface area contributed by atoms with E-state index in [0.717, 1.165) is 30.8 Å². The first-order valence-corrected chi connectivity index (χ1v) is 10.4. The normalized spacial score (nSPS) is 19.2. The van der Waals surface area contributed by atoms with E-state index in [-0.39, 0.29) is 6.10 Å². The zero-order valence-electron chi connectivity index (χ0n) is 18.3. The van der Waals surface area contributed by atoms with Crippen LogP contribution < -0.4 is 9.47 Å². The van der Waals surface area contributed by atoms with Crippen molar-refractivity contribution in [1.82, 2.24) is 0 Å². The number of methoxy groups -OCH3 is 1. The highest BCUT2D eigenvalue weighted by atomic mass is 16.5. The number of ether oxygens (including phenoxy) is 2. The van der Waals surface area contributed by atoms with Crippen molar-refractivity contribution in [3.05, 3.63) is 48.1 Å². The molecule has 3 unspecified atom stereocenters. The summed E-state index contributed by atoms with van der Waals surface area (Å²) in [5.74, 6) is 3.23. The Bertz CT molecular complexity index is 649. The van der Waals surface area contributed by atoms with Gasteiger partial charge in [0.25, 0.3) is 0 Å². The van der Waals surface area contributed by atoms with Gasteiger partial charge in [0.1, 0.15) is 6.10 Å². The first-order chi connectivity index (χ1) is 12.7. The largest absolute Gasteiger partial charge is 0.493 e. The van der Waals surface area contributed by atoms with E-state index in [0.29, 0.717) is 23.2 Å². The van der Waals surface area contributed by atoms with Crippen molar-refractivity contribution >= 4 is 0 Å². The van der Waals surface area contributed by atoms with E-state index < -0.39 is 0 Å². The van der Waals surface area contributed by atoms with Gasteiger partial charge in [0.2, 0.25) is 0 Å². The lowest BCUT2D eigenvalue weighted by Gasteiger charge is -2.30. The van der Waals surface area contributed by atoms with Crippen molar-refractivity contribution in [3.8, 4) is 11.5 Å². The molecule has 27 heavy (non-hydrogen) atoms. The molecule has 0 spiro atoms. The smallest absolute Gasteiger partial charge is 0.161 e. The third kappa shape index (κ3) is 6.16. The molecule has 0 bridgehead atoms. The average molecular weight is 371 g/mol. The number of allylic oxidation sites excluding steroid dienone is 3. The molecule has 2 rings (SSSR count). The van der Waals surface area contributed by atoms with Crippen molar-refractivity contribution in [1.29, 1.82) is 0 Å². The third-order valence-corrected chi connectivity index (χ3v) is 5.42. The molecule has 2 nitrogen and oxygen atoms in total. The molecule has 0 amide bonds. The van der Waals surface area contributed by atoms with Crippen LogP contribution in [0.2, 0.25) is 0 Å². The molecule has 1 aromatic rings. The Morgan fingerprint density at radius 2 is 1.85 bits per heavy atom. The van der Waals surface area contributed by atoms with Gasteiger partial charge in [0.15, 0.2) is 11.5 Å². The molecule has 3 atom stereocenters. The molecule has 0 aliphatic heterocycles. The lowest BCUT2D eigenvalue weighted by Crippen LogP contribution is -2.25. The summed E-state index contributed by atoms with van der Waals surface area (Å²) in [4.78, 5) is 0. The van der Waals surface area contributed by atoms with Gasteiger partial charge in [0.05, 0.1) is 7.11 Å². The lowest BCUT2D eigenvalue weighted by atomic mass is 9.76. The Morgan fingerprint density at radius 1 is 1.11 bits per heavy atom. The molecular weight excluding hydrogens is 332 g/mol. The number of hydrogen-bond acceptors (Lipinski definition) is 2. The Hall–Kier alpha value is -1.70. The molecule has 0 aromatic heterocycles. The van der Waals surface area contributed by atoms with Crippen LogP contribution in [-0.2, 0) is 0 Å². The van der Waals surface area contributed by atoms with Gasteiger partial charge >= 0.3 is 0 Å². The summed E-state index contributed by atoms with van der Waals surface area (Å²) in [6.45, 7) is 13.8. The number of hydrogen-bond donors (Lipinski definition) is 0. The van der Waals surface area contributed by atoms with E-state index in [4.69, 9.17) is 9.47 Å². The second kappa shape index (κ2) is 9.48. The van der Waals surface area contributed by atoms with Gasteiger partial charge in [-0.2, -0.15) is 0 Å². The average Bonchev–Trinajstić information content (AvgIpc) is 2.64. The summed E-state index contributed by atoms with van der Waals surface area (Å²) in [6, 6.07) is 6.53. The highest BCUT2D eigenvalue weighted by Crippen LogP contribution is 2.40. The molecule has 1 aliphatic carbocycles. The second-order valence-electron chi connectivity index (χ2n) is 9.30. The SMILES string of the molecule is CCC(Oc1ccc(C(CC(C)(C)C)C(C)C)cc1OC)C1C=CC=CC1. The minimum absolute atomic E-state index is 0.168. The van der Waals surface area contributed by atoms with E-state index >= 15 is 0 Å². The van der Waals surface area contributed by atoms with Gasteiger partial charge in [0, 0.05) is 5.92 Å². The van der Waals surface area contributed by atoms with Gasteiger partial charge in [-0.15, -0.1) is 0 Å². The molecular formula is C25H38O2. The van der Waals surface area contributed by atoms with Crippen LogP contribution in [-0.4, -0.2) is 13.2 Å². The van der Waals surface area contributed by atoms with Gasteiger partial charge < -0.3 is 9.47 Å². The predicted octanol–water partition coefficient (Wildman–Crippen LogP) is 7.16. The standard InChI is InChI=1S/C25H38O2/c1-8-22(19-12-10-9-11-13-19)27-23-15-14-20(16-24(23)26-7)21(18(2)3)17-25(4,5)6/h9-12,14-16,18-19,21-22H,8,13,17H2,1-7H3. The zero-order valence-corrected chi connectivity index (χ0v) is 18.3. The van der Waals surface area contributed by atoms with Crippen LogP contribution in [0.3, 0.4) is 0 Å². The summed E-state index contributed by atoms with van der Waals surface area (Å²) in [5.41, 5.74) is 1.64. The fraction of sp³-hybridized carbons (Fsp3) is 0.600. The highest BCUT2D eigenvalue weighted by molar-refractivity contribution is 5.44. The topological polar surface area (TPSA) is 18.5 Å². The van der Waals surface area contributed by atoms with Gasteiger partial charge in [-0.05, 0) is 54.2 Å². The molecule has 0 heterocycles. The minimum atomic E-state index is 0.168. The van der Waals surface area contributed by atoms with Crippen LogP contribution in [0.5, 0.6) is 11.5 Å². The lowest BCUT2D eigenvalue weighted by molar-refractivity contribution is 0.146. The van der Waals surface area contributed by atoms with Crippen LogP contribution in [0.1, 0.15) is 72.3 Å². The molecule has 0 fully saturated rings. The van der Waals surface area contributed by atoms with Crippen LogP contribution in [0, 0.1) is 17.3 Å². The second-order valence-corrected chi connectivity index (χ2v) is 9.30. The van der Waals surface area contributed by atoms with E-state index in [9.17, 15) is 0 Å². The molecule has 1 aromatic carbocycles. The monoisotopic (exact) mass is 370 g/mol. The zero-order chi connectivity index (χ0) is 20.0. The summed E-state index contributed by atoms with van der Waals surface area (Å²) in [7, 11) is 1.74. The van der Waals surface area contributed by atoms with Crippen molar-refractivity contribution in [2.24, 2.45) is 17.3 Å². The first-order valence-electron chi connectivity index (χ1n) is 10.4. The fourth-order valence-electron chi connectivity index (χ4n) is 3.92. The Kier molecular flexibility index (Phi) is 7.59. The predicted molar refractivity (Wildman–Crippen MR) is 116 cm³/mol. The highest BCUT2D eigenvalue weighted by Gasteiger charge is 2.25. The molecule has 0 saturated heterocycles. The van der Waals surface area contributed by atoms with Crippen molar-refractivity contribution in [2.75, 3.05) is 7.11 Å². The van der Waals surface area contributed by atoms with Crippen molar-refractivity contribution in [3.63, 3.8) is 0 Å². The third-order valence-electron chi connectivity index (χ3n) is 5.42. The Balaban J connectivity index is 2.23. The fourth-order valence-corrected chi connectivity index (χ4v) is 3.92. The quantitative estimate of drug-likeness (QED) is 0.483. The number of rotatable bonds is 8. The van der Waals surface area contributed by atoms with Crippen LogP contribution in [0.15, 0.2) is 42.5 Å². The Morgan fingerprint density at radius 3 is 2.37 bits per heavy atom. The molecule has 0 saturated carbocycles. The maximum absolute atomic E-state index is 6.41. The molecule has 0 N–H and O–H groups in total. The van der Waals surface area contributed by atoms with Crippen molar-refractivity contribution in [2.45, 2.75) is 72.8 Å². The van der Waals surface area contributed by atoms with E-state index in [2.05, 4.69) is 84.0 Å². The minimum Gasteiger partial charge on any atom is -0.493 e. The van der Waals surface area contributed by atoms with Gasteiger partial charge in [-0.25, -0.2) is 0 Å². The van der Waals surface area contributed by atoms with Crippen molar-refractivity contribution < 1.29 is 9.47 Å². The van der Waals surface area contributed by atoms with Gasteiger partial charge in [-0.1, -0.05) is 71.9 Å². The summed E-state index contributed by atoms with van der Waals surface area (Å²) in [6.07, 6.45) is 12.1. The molecule has 0 radical (unpaired) electrons. The maximum Gasteiger partial charge on any atom is 0.161 e. The molecule has 2 heteroatoms. The summed E-state index contributed by atoms with van der Waals surface area (Å²) in [5, 5.41) is 0. The maximum atomic E-state index is 6.41. The first kappa shape index (κ1) is 21.6. The van der Waals surface area contributed by atoms with E-state index in [1.807, 2.05) is 0 Å². The summed E-state index contributed by atoms with van der Waals surface area (Å²) < 4.78 is 12.1. The van der Waals surface area contributed by atoms with Crippen LogP contribution >= 0.6 is 0 Å². The Labute approximate surface area is 166 Å². The van der Waals surface area contributed by atoms with Crippen LogP contribution in [0.25, 0.3) is 0 Å².